The summed E-state index contributed by atoms with van der Waals surface area (Å²) < 4.78 is 13.6. The molecule has 0 spiro atoms. The van der Waals surface area contributed by atoms with E-state index in [4.69, 9.17) is 0 Å². The van der Waals surface area contributed by atoms with Crippen molar-refractivity contribution in [2.45, 2.75) is 13.8 Å². The van der Waals surface area contributed by atoms with E-state index in [9.17, 15) is 14.0 Å². The lowest BCUT2D eigenvalue weighted by molar-refractivity contribution is -0.116. The number of carbonyl (C=O) groups is 2. The SMILES string of the molecule is CC(=O)N(c1ccccc1)c1nc(/C=C/C(=O)Nc2ccc(C)c(F)c2)cs1. The van der Waals surface area contributed by atoms with E-state index in [1.165, 1.54) is 35.3 Å². The Bertz CT molecular complexity index is 1030. The van der Waals surface area contributed by atoms with E-state index in [2.05, 4.69) is 10.3 Å². The highest BCUT2D eigenvalue weighted by molar-refractivity contribution is 7.14. The second kappa shape index (κ2) is 8.58. The van der Waals surface area contributed by atoms with Crippen LogP contribution in [0, 0.1) is 12.7 Å². The van der Waals surface area contributed by atoms with Gasteiger partial charge in [-0.3, -0.25) is 14.5 Å². The van der Waals surface area contributed by atoms with Gasteiger partial charge in [0.15, 0.2) is 5.13 Å². The Morgan fingerprint density at radius 3 is 2.61 bits per heavy atom. The van der Waals surface area contributed by atoms with Crippen molar-refractivity contribution < 1.29 is 14.0 Å². The predicted molar refractivity (Wildman–Crippen MR) is 110 cm³/mol. The highest BCUT2D eigenvalue weighted by atomic mass is 32.1. The molecule has 1 N–H and O–H groups in total. The van der Waals surface area contributed by atoms with Gasteiger partial charge >= 0.3 is 0 Å². The molecule has 0 fully saturated rings. The molecule has 0 saturated heterocycles. The molecule has 1 aromatic heterocycles. The first-order valence-corrected chi connectivity index (χ1v) is 9.38. The summed E-state index contributed by atoms with van der Waals surface area (Å²) in [6, 6.07) is 13.7. The third-order valence-electron chi connectivity index (χ3n) is 3.88. The van der Waals surface area contributed by atoms with E-state index in [1.54, 1.807) is 30.5 Å². The minimum atomic E-state index is -0.399. The number of nitrogens with zero attached hydrogens (tertiary/aromatic N) is 2. The summed E-state index contributed by atoms with van der Waals surface area (Å²) in [5.74, 6) is -0.935. The first-order valence-electron chi connectivity index (χ1n) is 8.50. The Kier molecular flexibility index (Phi) is 5.96. The predicted octanol–water partition coefficient (Wildman–Crippen LogP) is 4.93. The molecule has 0 radical (unpaired) electrons. The van der Waals surface area contributed by atoms with Crippen LogP contribution in [0.25, 0.3) is 6.08 Å². The van der Waals surface area contributed by atoms with Gasteiger partial charge < -0.3 is 5.32 Å². The molecule has 2 aromatic carbocycles. The molecule has 142 valence electrons. The lowest BCUT2D eigenvalue weighted by atomic mass is 10.2. The molecule has 0 unspecified atom stereocenters. The van der Waals surface area contributed by atoms with Gasteiger partial charge in [-0.2, -0.15) is 0 Å². The highest BCUT2D eigenvalue weighted by Crippen LogP contribution is 2.29. The molecule has 7 heteroatoms. The topological polar surface area (TPSA) is 62.3 Å². The number of amides is 2. The van der Waals surface area contributed by atoms with E-state index in [1.807, 2.05) is 30.3 Å². The van der Waals surface area contributed by atoms with Crippen LogP contribution in [0.5, 0.6) is 0 Å². The summed E-state index contributed by atoms with van der Waals surface area (Å²) in [7, 11) is 0. The fourth-order valence-electron chi connectivity index (χ4n) is 2.48. The molecule has 0 atom stereocenters. The van der Waals surface area contributed by atoms with E-state index in [-0.39, 0.29) is 11.7 Å². The average Bonchev–Trinajstić information content (AvgIpc) is 3.12. The van der Waals surface area contributed by atoms with Crippen LogP contribution < -0.4 is 10.2 Å². The molecule has 5 nitrogen and oxygen atoms in total. The maximum Gasteiger partial charge on any atom is 0.248 e. The second-order valence-corrected chi connectivity index (χ2v) is 6.87. The quantitative estimate of drug-likeness (QED) is 0.623. The van der Waals surface area contributed by atoms with Crippen molar-refractivity contribution in [1.82, 2.24) is 4.98 Å². The Hall–Kier alpha value is -3.32. The molecule has 0 bridgehead atoms. The van der Waals surface area contributed by atoms with Gasteiger partial charge in [-0.25, -0.2) is 9.37 Å². The van der Waals surface area contributed by atoms with E-state index >= 15 is 0 Å². The van der Waals surface area contributed by atoms with Gasteiger partial charge in [0.1, 0.15) is 5.82 Å². The van der Waals surface area contributed by atoms with Crippen LogP contribution in [0.1, 0.15) is 18.2 Å². The van der Waals surface area contributed by atoms with Crippen LogP contribution in [0.2, 0.25) is 0 Å². The van der Waals surface area contributed by atoms with Crippen molar-refractivity contribution in [2.24, 2.45) is 0 Å². The smallest absolute Gasteiger partial charge is 0.248 e. The third-order valence-corrected chi connectivity index (χ3v) is 4.72. The van der Waals surface area contributed by atoms with Crippen LogP contribution >= 0.6 is 11.3 Å². The maximum atomic E-state index is 13.6. The fraction of sp³-hybridized carbons (Fsp3) is 0.0952. The molecule has 0 aliphatic rings. The Morgan fingerprint density at radius 1 is 1.18 bits per heavy atom. The van der Waals surface area contributed by atoms with Crippen molar-refractivity contribution in [2.75, 3.05) is 10.2 Å². The number of aromatic nitrogens is 1. The van der Waals surface area contributed by atoms with Crippen LogP contribution in [-0.2, 0) is 9.59 Å². The lowest BCUT2D eigenvalue weighted by Crippen LogP contribution is -2.22. The molecule has 0 saturated carbocycles. The summed E-state index contributed by atoms with van der Waals surface area (Å²) >= 11 is 1.30. The van der Waals surface area contributed by atoms with E-state index < -0.39 is 5.91 Å². The lowest BCUT2D eigenvalue weighted by Gasteiger charge is -2.17. The fourth-order valence-corrected chi connectivity index (χ4v) is 3.33. The molecule has 0 aliphatic carbocycles. The normalized spacial score (nSPS) is 10.8. The molecule has 3 rings (SSSR count). The molecular weight excluding hydrogens is 377 g/mol. The Labute approximate surface area is 166 Å². The number of nitrogens with one attached hydrogen (secondary N) is 1. The van der Waals surface area contributed by atoms with Gasteiger partial charge in [0.2, 0.25) is 11.8 Å². The number of carbonyl (C=O) groups excluding carboxylic acids is 2. The third kappa shape index (κ3) is 4.69. The number of rotatable bonds is 5. The van der Waals surface area contributed by atoms with Crippen LogP contribution in [-0.4, -0.2) is 16.8 Å². The number of anilines is 3. The zero-order chi connectivity index (χ0) is 20.1. The summed E-state index contributed by atoms with van der Waals surface area (Å²) in [4.78, 5) is 30.0. The first-order chi connectivity index (χ1) is 13.4. The minimum absolute atomic E-state index is 0.157. The van der Waals surface area contributed by atoms with Crippen molar-refractivity contribution >= 4 is 45.7 Å². The molecular formula is C21H18FN3O2S. The zero-order valence-corrected chi connectivity index (χ0v) is 16.2. The van der Waals surface area contributed by atoms with Gasteiger partial charge in [0.05, 0.1) is 11.4 Å². The van der Waals surface area contributed by atoms with E-state index in [0.29, 0.717) is 22.1 Å². The zero-order valence-electron chi connectivity index (χ0n) is 15.3. The van der Waals surface area contributed by atoms with Gasteiger partial charge in [-0.1, -0.05) is 24.3 Å². The molecule has 0 aliphatic heterocycles. The molecule has 28 heavy (non-hydrogen) atoms. The Balaban J connectivity index is 1.71. The van der Waals surface area contributed by atoms with Crippen molar-refractivity contribution in [3.63, 3.8) is 0 Å². The summed E-state index contributed by atoms with van der Waals surface area (Å²) in [6.45, 7) is 3.12. The monoisotopic (exact) mass is 395 g/mol. The number of para-hydroxylation sites is 1. The number of halogens is 1. The average molecular weight is 395 g/mol. The number of benzene rings is 2. The van der Waals surface area contributed by atoms with Crippen LogP contribution in [0.3, 0.4) is 0 Å². The number of aryl methyl sites for hydroxylation is 1. The Morgan fingerprint density at radius 2 is 1.93 bits per heavy atom. The van der Waals surface area contributed by atoms with Crippen LogP contribution in [0.15, 0.2) is 60.0 Å². The van der Waals surface area contributed by atoms with E-state index in [0.717, 1.165) is 5.69 Å². The van der Waals surface area contributed by atoms with Gasteiger partial charge in [-0.15, -0.1) is 11.3 Å². The molecule has 3 aromatic rings. The first kappa shape index (κ1) is 19.4. The summed E-state index contributed by atoms with van der Waals surface area (Å²) in [5.41, 5.74) is 2.16. The standard InChI is InChI=1S/C21H18FN3O2S/c1-14-8-9-16(12-19(14)22)23-20(27)11-10-17-13-28-21(24-17)25(15(2)26)18-6-4-3-5-7-18/h3-13H,1-2H3,(H,23,27)/b11-10+. The van der Waals surface area contributed by atoms with Crippen molar-refractivity contribution in [3.05, 3.63) is 77.1 Å². The van der Waals surface area contributed by atoms with Gasteiger partial charge in [0.25, 0.3) is 0 Å². The van der Waals surface area contributed by atoms with Crippen molar-refractivity contribution in [3.8, 4) is 0 Å². The molecule has 2 amide bonds. The second-order valence-electron chi connectivity index (χ2n) is 6.03. The number of hydrogen-bond acceptors (Lipinski definition) is 4. The van der Waals surface area contributed by atoms with Gasteiger partial charge in [-0.05, 0) is 42.8 Å². The summed E-state index contributed by atoms with van der Waals surface area (Å²) in [6.07, 6.45) is 2.86. The number of hydrogen-bond donors (Lipinski definition) is 1. The van der Waals surface area contributed by atoms with Crippen molar-refractivity contribution in [1.29, 1.82) is 0 Å². The largest absolute Gasteiger partial charge is 0.322 e. The number of thiazole rings is 1. The highest BCUT2D eigenvalue weighted by Gasteiger charge is 2.17. The minimum Gasteiger partial charge on any atom is -0.322 e. The summed E-state index contributed by atoms with van der Waals surface area (Å²) in [5, 5.41) is 4.87. The molecule has 1 heterocycles. The van der Waals surface area contributed by atoms with Crippen LogP contribution in [0.4, 0.5) is 20.9 Å². The maximum absolute atomic E-state index is 13.6. The van der Waals surface area contributed by atoms with Gasteiger partial charge in [0, 0.05) is 24.1 Å².